The van der Waals surface area contributed by atoms with Crippen molar-refractivity contribution >= 4 is 29.1 Å². The third kappa shape index (κ3) is 3.02. The van der Waals surface area contributed by atoms with Gasteiger partial charge < -0.3 is 10.6 Å². The van der Waals surface area contributed by atoms with Gasteiger partial charge in [-0.05, 0) is 86.0 Å². The minimum atomic E-state index is 0.0410. The van der Waals surface area contributed by atoms with Gasteiger partial charge in [0.2, 0.25) is 11.8 Å². The molecule has 0 bridgehead atoms. The SMILES string of the molecule is C[C@]12C=CC(=O)NC1CCC1C2CC[C@]2(C)C(C(=O)Nc3cccc(Cl)c3)CCC12. The van der Waals surface area contributed by atoms with Crippen molar-refractivity contribution in [1.29, 1.82) is 0 Å². The van der Waals surface area contributed by atoms with Crippen LogP contribution in [0.1, 0.15) is 52.4 Å². The van der Waals surface area contributed by atoms with Crippen LogP contribution in [0.5, 0.6) is 0 Å². The van der Waals surface area contributed by atoms with Crippen LogP contribution in [-0.4, -0.2) is 17.9 Å². The highest BCUT2D eigenvalue weighted by Gasteiger charge is 2.60. The fourth-order valence-electron chi connectivity index (χ4n) is 7.56. The number of anilines is 1. The first kappa shape index (κ1) is 20.1. The molecule has 0 saturated heterocycles. The molecular weight excluding hydrogens is 396 g/mol. The van der Waals surface area contributed by atoms with Crippen molar-refractivity contribution in [3.8, 4) is 0 Å². The third-order valence-corrected chi connectivity index (χ3v) is 9.33. The molecular formula is C25H31ClN2O2. The molecule has 2 amide bonds. The Morgan fingerprint density at radius 1 is 1.13 bits per heavy atom. The molecule has 5 heteroatoms. The molecule has 7 atom stereocenters. The van der Waals surface area contributed by atoms with E-state index in [0.717, 1.165) is 44.2 Å². The summed E-state index contributed by atoms with van der Waals surface area (Å²) in [6.07, 6.45) is 10.4. The third-order valence-electron chi connectivity index (χ3n) is 9.09. The van der Waals surface area contributed by atoms with Gasteiger partial charge in [-0.25, -0.2) is 0 Å². The van der Waals surface area contributed by atoms with Gasteiger partial charge in [-0.1, -0.05) is 37.6 Å². The number of carbonyl (C=O) groups excluding carboxylic acids is 2. The molecule has 3 saturated carbocycles. The average molecular weight is 427 g/mol. The van der Waals surface area contributed by atoms with Crippen LogP contribution < -0.4 is 10.6 Å². The fourth-order valence-corrected chi connectivity index (χ4v) is 7.75. The standard InChI is InChI=1S/C25H31ClN2O2/c1-24-12-10-19-17(6-9-21-25(19,2)13-11-22(29)28-21)18(24)7-8-20(24)23(30)27-16-5-3-4-15(26)14-16/h3-5,11,13-14,17-21H,6-10,12H2,1-2H3,(H,27,30)(H,28,29)/t17?,18?,19?,20?,21?,24-,25+/m0/s1. The summed E-state index contributed by atoms with van der Waals surface area (Å²) in [6, 6.07) is 7.67. The van der Waals surface area contributed by atoms with Crippen molar-refractivity contribution in [3.05, 3.63) is 41.4 Å². The van der Waals surface area contributed by atoms with Gasteiger partial charge in [-0.3, -0.25) is 9.59 Å². The molecule has 160 valence electrons. The van der Waals surface area contributed by atoms with Crippen molar-refractivity contribution < 1.29 is 9.59 Å². The Kier molecular flexibility index (Phi) is 4.77. The summed E-state index contributed by atoms with van der Waals surface area (Å²) in [6.45, 7) is 4.70. The van der Waals surface area contributed by atoms with Gasteiger partial charge in [0.1, 0.15) is 0 Å². The number of fused-ring (bicyclic) bond motifs is 5. The highest BCUT2D eigenvalue weighted by molar-refractivity contribution is 6.30. The Morgan fingerprint density at radius 2 is 1.97 bits per heavy atom. The number of hydrogen-bond acceptors (Lipinski definition) is 2. The smallest absolute Gasteiger partial charge is 0.243 e. The van der Waals surface area contributed by atoms with Crippen LogP contribution >= 0.6 is 11.6 Å². The maximum atomic E-state index is 13.3. The van der Waals surface area contributed by atoms with E-state index in [1.807, 2.05) is 24.3 Å². The van der Waals surface area contributed by atoms with E-state index >= 15 is 0 Å². The lowest BCUT2D eigenvalue weighted by molar-refractivity contribution is -0.129. The summed E-state index contributed by atoms with van der Waals surface area (Å²) in [4.78, 5) is 25.2. The van der Waals surface area contributed by atoms with Crippen molar-refractivity contribution in [3.63, 3.8) is 0 Å². The van der Waals surface area contributed by atoms with E-state index in [9.17, 15) is 9.59 Å². The number of amides is 2. The van der Waals surface area contributed by atoms with Crippen LogP contribution in [0.4, 0.5) is 5.69 Å². The van der Waals surface area contributed by atoms with E-state index in [2.05, 4.69) is 30.6 Å². The van der Waals surface area contributed by atoms with Crippen molar-refractivity contribution in [1.82, 2.24) is 5.32 Å². The number of hydrogen-bond donors (Lipinski definition) is 2. The van der Waals surface area contributed by atoms with Crippen LogP contribution in [-0.2, 0) is 9.59 Å². The number of carbonyl (C=O) groups is 2. The summed E-state index contributed by atoms with van der Waals surface area (Å²) < 4.78 is 0. The zero-order chi connectivity index (χ0) is 21.1. The molecule has 1 aromatic rings. The van der Waals surface area contributed by atoms with Crippen LogP contribution in [0.2, 0.25) is 5.02 Å². The molecule has 3 aliphatic carbocycles. The molecule has 1 heterocycles. The predicted octanol–water partition coefficient (Wildman–Crippen LogP) is 5.19. The van der Waals surface area contributed by atoms with E-state index in [4.69, 9.17) is 11.6 Å². The largest absolute Gasteiger partial charge is 0.349 e. The second kappa shape index (κ2) is 7.12. The van der Waals surface area contributed by atoms with Gasteiger partial charge in [0.25, 0.3) is 0 Å². The molecule has 4 nitrogen and oxygen atoms in total. The Morgan fingerprint density at radius 3 is 2.77 bits per heavy atom. The molecule has 5 unspecified atom stereocenters. The molecule has 4 aliphatic rings. The number of benzene rings is 1. The van der Waals surface area contributed by atoms with E-state index in [1.54, 1.807) is 6.08 Å². The van der Waals surface area contributed by atoms with Gasteiger partial charge in [0, 0.05) is 28.1 Å². The minimum absolute atomic E-state index is 0.0410. The predicted molar refractivity (Wildman–Crippen MR) is 119 cm³/mol. The van der Waals surface area contributed by atoms with Gasteiger partial charge in [0.15, 0.2) is 0 Å². The Hall–Kier alpha value is -1.81. The van der Waals surface area contributed by atoms with E-state index in [0.29, 0.717) is 22.8 Å². The zero-order valence-electron chi connectivity index (χ0n) is 17.8. The Balaban J connectivity index is 1.37. The monoisotopic (exact) mass is 426 g/mol. The maximum absolute atomic E-state index is 13.3. The topological polar surface area (TPSA) is 58.2 Å². The lowest BCUT2D eigenvalue weighted by atomic mass is 9.48. The van der Waals surface area contributed by atoms with Crippen molar-refractivity contribution in [2.75, 3.05) is 5.32 Å². The molecule has 30 heavy (non-hydrogen) atoms. The second-order valence-corrected chi connectivity index (χ2v) is 10.8. The summed E-state index contributed by atoms with van der Waals surface area (Å²) in [5.41, 5.74) is 0.873. The average Bonchev–Trinajstić information content (AvgIpc) is 3.06. The van der Waals surface area contributed by atoms with Gasteiger partial charge >= 0.3 is 0 Å². The summed E-state index contributed by atoms with van der Waals surface area (Å²) >= 11 is 6.10. The Labute approximate surface area is 183 Å². The molecule has 0 spiro atoms. The van der Waals surface area contributed by atoms with Crippen LogP contribution in [0.25, 0.3) is 0 Å². The fraction of sp³-hybridized carbons (Fsp3) is 0.600. The first-order chi connectivity index (χ1) is 14.3. The lowest BCUT2D eigenvalue weighted by Crippen LogP contribution is -2.59. The lowest BCUT2D eigenvalue weighted by Gasteiger charge is -2.58. The van der Waals surface area contributed by atoms with E-state index < -0.39 is 0 Å². The van der Waals surface area contributed by atoms with Crippen molar-refractivity contribution in [2.24, 2.45) is 34.5 Å². The summed E-state index contributed by atoms with van der Waals surface area (Å²) in [7, 11) is 0. The second-order valence-electron chi connectivity index (χ2n) is 10.4. The number of halogens is 1. The molecule has 2 N–H and O–H groups in total. The van der Waals surface area contributed by atoms with Crippen LogP contribution in [0.3, 0.4) is 0 Å². The zero-order valence-corrected chi connectivity index (χ0v) is 18.5. The number of nitrogens with one attached hydrogen (secondary N) is 2. The summed E-state index contributed by atoms with van der Waals surface area (Å²) in [5.74, 6) is 2.04. The normalized spacial score (nSPS) is 42.0. The molecule has 5 rings (SSSR count). The van der Waals surface area contributed by atoms with Gasteiger partial charge in [-0.2, -0.15) is 0 Å². The van der Waals surface area contributed by atoms with E-state index in [1.165, 1.54) is 0 Å². The molecule has 3 fully saturated rings. The van der Waals surface area contributed by atoms with Gasteiger partial charge in [-0.15, -0.1) is 0 Å². The van der Waals surface area contributed by atoms with Crippen LogP contribution in [0, 0.1) is 34.5 Å². The quantitative estimate of drug-likeness (QED) is 0.683. The van der Waals surface area contributed by atoms with Crippen molar-refractivity contribution in [2.45, 2.75) is 58.4 Å². The minimum Gasteiger partial charge on any atom is -0.349 e. The van der Waals surface area contributed by atoms with Gasteiger partial charge in [0.05, 0.1) is 0 Å². The molecule has 1 aromatic carbocycles. The Bertz CT molecular complexity index is 914. The van der Waals surface area contributed by atoms with E-state index in [-0.39, 0.29) is 34.6 Å². The molecule has 0 radical (unpaired) electrons. The highest BCUT2D eigenvalue weighted by Crippen LogP contribution is 2.65. The number of rotatable bonds is 2. The first-order valence-electron chi connectivity index (χ1n) is 11.4. The maximum Gasteiger partial charge on any atom is 0.243 e. The summed E-state index contributed by atoms with van der Waals surface area (Å²) in [5, 5.41) is 6.99. The highest BCUT2D eigenvalue weighted by atomic mass is 35.5. The molecule has 0 aromatic heterocycles. The van der Waals surface area contributed by atoms with Crippen LogP contribution in [0.15, 0.2) is 36.4 Å². The first-order valence-corrected chi connectivity index (χ1v) is 11.8. The molecule has 1 aliphatic heterocycles.